The van der Waals surface area contributed by atoms with Crippen LogP contribution >= 0.6 is 0 Å². The van der Waals surface area contributed by atoms with Crippen molar-refractivity contribution in [3.8, 4) is 11.5 Å². The molecule has 0 spiro atoms. The summed E-state index contributed by atoms with van der Waals surface area (Å²) in [5.74, 6) is 1.16. The van der Waals surface area contributed by atoms with Gasteiger partial charge in [-0.2, -0.15) is 0 Å². The Hall–Kier alpha value is -2.01. The lowest BCUT2D eigenvalue weighted by molar-refractivity contribution is 0.446. The molecule has 0 fully saturated rings. The molecule has 0 aliphatic rings. The average Bonchev–Trinajstić information content (AvgIpc) is 2.86. The Bertz CT molecular complexity index is 491. The van der Waals surface area contributed by atoms with E-state index in [-0.39, 0.29) is 17.5 Å². The molecule has 0 aliphatic heterocycles. The summed E-state index contributed by atoms with van der Waals surface area (Å²) >= 11 is 0. The second-order valence-corrected chi connectivity index (χ2v) is 4.60. The quantitative estimate of drug-likeness (QED) is 0.600. The molecule has 5 nitrogen and oxygen atoms in total. The molecule has 5 heteroatoms. The summed E-state index contributed by atoms with van der Waals surface area (Å²) in [5, 5.41) is 22.2. The first kappa shape index (κ1) is 13.4. The highest BCUT2D eigenvalue weighted by atomic mass is 16.3. The van der Waals surface area contributed by atoms with Crippen LogP contribution in [-0.4, -0.2) is 26.7 Å². The van der Waals surface area contributed by atoms with Gasteiger partial charge in [0.2, 0.25) is 0 Å². The van der Waals surface area contributed by atoms with Gasteiger partial charge < -0.3 is 20.5 Å². The molecule has 0 saturated heterocycles. The van der Waals surface area contributed by atoms with E-state index in [0.29, 0.717) is 0 Å². The second-order valence-electron chi connectivity index (χ2n) is 4.60. The van der Waals surface area contributed by atoms with Crippen LogP contribution in [0, 0.1) is 0 Å². The maximum atomic E-state index is 9.44. The van der Waals surface area contributed by atoms with E-state index in [9.17, 15) is 10.2 Å². The van der Waals surface area contributed by atoms with Gasteiger partial charge in [0.25, 0.3) is 0 Å². The SMILES string of the molecule is CC(NCCCc1ncc[nH]1)c1cc(O)cc(O)c1. The number of aryl methyl sites for hydroxylation is 1. The molecule has 19 heavy (non-hydrogen) atoms. The number of imidazole rings is 1. The molecule has 2 aromatic rings. The number of nitrogens with one attached hydrogen (secondary N) is 2. The lowest BCUT2D eigenvalue weighted by Gasteiger charge is -2.14. The first-order valence-corrected chi connectivity index (χ1v) is 6.39. The fourth-order valence-corrected chi connectivity index (χ4v) is 1.99. The van der Waals surface area contributed by atoms with Crippen LogP contribution in [0.2, 0.25) is 0 Å². The van der Waals surface area contributed by atoms with Crippen LogP contribution in [0.5, 0.6) is 11.5 Å². The smallest absolute Gasteiger partial charge is 0.119 e. The van der Waals surface area contributed by atoms with E-state index in [4.69, 9.17) is 0 Å². The molecule has 0 bridgehead atoms. The number of aromatic nitrogens is 2. The maximum Gasteiger partial charge on any atom is 0.119 e. The van der Waals surface area contributed by atoms with Crippen molar-refractivity contribution in [3.05, 3.63) is 42.0 Å². The minimum atomic E-state index is 0.0783. The Morgan fingerprint density at radius 3 is 2.63 bits per heavy atom. The molecule has 0 aliphatic carbocycles. The molecule has 1 heterocycles. The fraction of sp³-hybridized carbons (Fsp3) is 0.357. The van der Waals surface area contributed by atoms with Crippen LogP contribution in [0.3, 0.4) is 0 Å². The predicted octanol–water partition coefficient (Wildman–Crippen LogP) is 2.10. The molecule has 1 aromatic carbocycles. The van der Waals surface area contributed by atoms with Crippen molar-refractivity contribution in [1.82, 2.24) is 15.3 Å². The highest BCUT2D eigenvalue weighted by Gasteiger charge is 2.07. The number of hydrogen-bond donors (Lipinski definition) is 4. The van der Waals surface area contributed by atoms with E-state index in [1.165, 1.54) is 6.07 Å². The number of phenolic OH excluding ortho intramolecular Hbond substituents is 2. The zero-order valence-electron chi connectivity index (χ0n) is 10.9. The molecule has 102 valence electrons. The number of phenols is 2. The molecule has 2 rings (SSSR count). The van der Waals surface area contributed by atoms with Crippen molar-refractivity contribution >= 4 is 0 Å². The second kappa shape index (κ2) is 6.24. The Morgan fingerprint density at radius 1 is 1.26 bits per heavy atom. The average molecular weight is 261 g/mol. The van der Waals surface area contributed by atoms with E-state index < -0.39 is 0 Å². The van der Waals surface area contributed by atoms with Crippen LogP contribution in [0.25, 0.3) is 0 Å². The van der Waals surface area contributed by atoms with Crippen LogP contribution in [-0.2, 0) is 6.42 Å². The van der Waals surface area contributed by atoms with E-state index in [0.717, 1.165) is 30.8 Å². The Balaban J connectivity index is 1.79. The molecule has 1 atom stereocenters. The van der Waals surface area contributed by atoms with Crippen LogP contribution in [0.1, 0.15) is 30.8 Å². The standard InChI is InChI=1S/C14H19N3O2/c1-10(11-7-12(18)9-13(19)8-11)15-4-2-3-14-16-5-6-17-14/h5-10,15,18-19H,2-4H2,1H3,(H,16,17). The van der Waals surface area contributed by atoms with Crippen molar-refractivity contribution in [2.24, 2.45) is 0 Å². The highest BCUT2D eigenvalue weighted by molar-refractivity contribution is 5.37. The summed E-state index contributed by atoms with van der Waals surface area (Å²) in [5.41, 5.74) is 0.871. The normalized spacial score (nSPS) is 12.5. The Labute approximate surface area is 112 Å². The summed E-state index contributed by atoms with van der Waals surface area (Å²) in [6, 6.07) is 4.72. The van der Waals surface area contributed by atoms with Crippen LogP contribution < -0.4 is 5.32 Å². The molecular formula is C14H19N3O2. The van der Waals surface area contributed by atoms with E-state index >= 15 is 0 Å². The van der Waals surface area contributed by atoms with E-state index in [1.807, 2.05) is 13.1 Å². The zero-order valence-corrected chi connectivity index (χ0v) is 10.9. The van der Waals surface area contributed by atoms with Gasteiger partial charge in [0.1, 0.15) is 17.3 Å². The molecule has 1 aromatic heterocycles. The number of nitrogens with zero attached hydrogens (tertiary/aromatic N) is 1. The first-order chi connectivity index (χ1) is 9.15. The van der Waals surface area contributed by atoms with Gasteiger partial charge in [0, 0.05) is 30.9 Å². The minimum Gasteiger partial charge on any atom is -0.508 e. The van der Waals surface area contributed by atoms with Crippen molar-refractivity contribution in [2.75, 3.05) is 6.54 Å². The van der Waals surface area contributed by atoms with Gasteiger partial charge in [-0.05, 0) is 37.6 Å². The van der Waals surface area contributed by atoms with Gasteiger partial charge >= 0.3 is 0 Å². The predicted molar refractivity (Wildman–Crippen MR) is 73.1 cm³/mol. The number of hydrogen-bond acceptors (Lipinski definition) is 4. The summed E-state index contributed by atoms with van der Waals surface area (Å²) in [4.78, 5) is 7.23. The lowest BCUT2D eigenvalue weighted by Crippen LogP contribution is -2.20. The molecule has 0 amide bonds. The monoisotopic (exact) mass is 261 g/mol. The minimum absolute atomic E-state index is 0.0783. The number of aromatic amines is 1. The van der Waals surface area contributed by atoms with Gasteiger partial charge in [-0.15, -0.1) is 0 Å². The number of H-pyrrole nitrogens is 1. The lowest BCUT2D eigenvalue weighted by atomic mass is 10.1. The van der Waals surface area contributed by atoms with Crippen LogP contribution in [0.15, 0.2) is 30.6 Å². The third-order valence-corrected chi connectivity index (χ3v) is 3.02. The number of benzene rings is 1. The van der Waals surface area contributed by atoms with Gasteiger partial charge in [-0.25, -0.2) is 4.98 Å². The fourth-order valence-electron chi connectivity index (χ4n) is 1.99. The van der Waals surface area contributed by atoms with Gasteiger partial charge in [0.05, 0.1) is 0 Å². The maximum absolute atomic E-state index is 9.44. The summed E-state index contributed by atoms with van der Waals surface area (Å²) in [6.07, 6.45) is 5.45. The zero-order chi connectivity index (χ0) is 13.7. The largest absolute Gasteiger partial charge is 0.508 e. The Kier molecular flexibility index (Phi) is 4.41. The van der Waals surface area contributed by atoms with E-state index in [2.05, 4.69) is 15.3 Å². The topological polar surface area (TPSA) is 81.2 Å². The molecule has 0 radical (unpaired) electrons. The molecule has 0 saturated carbocycles. The van der Waals surface area contributed by atoms with Crippen molar-refractivity contribution in [1.29, 1.82) is 0 Å². The van der Waals surface area contributed by atoms with Crippen molar-refractivity contribution in [3.63, 3.8) is 0 Å². The van der Waals surface area contributed by atoms with Gasteiger partial charge in [-0.3, -0.25) is 0 Å². The van der Waals surface area contributed by atoms with Crippen LogP contribution in [0.4, 0.5) is 0 Å². The first-order valence-electron chi connectivity index (χ1n) is 6.39. The van der Waals surface area contributed by atoms with Crippen molar-refractivity contribution < 1.29 is 10.2 Å². The van der Waals surface area contributed by atoms with E-state index in [1.54, 1.807) is 18.3 Å². The number of rotatable bonds is 6. The highest BCUT2D eigenvalue weighted by Crippen LogP contribution is 2.24. The molecule has 1 unspecified atom stereocenters. The molecule has 4 N–H and O–H groups in total. The van der Waals surface area contributed by atoms with Gasteiger partial charge in [-0.1, -0.05) is 0 Å². The van der Waals surface area contributed by atoms with Crippen molar-refractivity contribution in [2.45, 2.75) is 25.8 Å². The summed E-state index contributed by atoms with van der Waals surface area (Å²) in [7, 11) is 0. The summed E-state index contributed by atoms with van der Waals surface area (Å²) < 4.78 is 0. The third kappa shape index (κ3) is 3.99. The third-order valence-electron chi connectivity index (χ3n) is 3.02. The van der Waals surface area contributed by atoms with Gasteiger partial charge in [0.15, 0.2) is 0 Å². The Morgan fingerprint density at radius 2 is 2.00 bits per heavy atom. The number of aromatic hydroxyl groups is 2. The molecular weight excluding hydrogens is 242 g/mol. The summed E-state index contributed by atoms with van der Waals surface area (Å²) in [6.45, 7) is 2.85.